The first-order valence-electron chi connectivity index (χ1n) is 4.77. The van der Waals surface area contributed by atoms with Crippen molar-refractivity contribution >= 4 is 0 Å². The van der Waals surface area contributed by atoms with E-state index in [1.165, 1.54) is 0 Å². The number of nitrogens with one attached hydrogen (secondary N) is 1. The lowest BCUT2D eigenvalue weighted by Gasteiger charge is -2.29. The van der Waals surface area contributed by atoms with Crippen LogP contribution in [0.4, 0.5) is 0 Å². The second-order valence-corrected chi connectivity index (χ2v) is 3.50. The Morgan fingerprint density at radius 1 is 1.71 bits per heavy atom. The molecule has 5 nitrogen and oxygen atoms in total. The fraction of sp³-hybridized carbons (Fsp3) is 0.889. The van der Waals surface area contributed by atoms with Crippen LogP contribution in [0.25, 0.3) is 10.4 Å². The van der Waals surface area contributed by atoms with Gasteiger partial charge in [0, 0.05) is 18.0 Å². The zero-order valence-electron chi connectivity index (χ0n) is 8.99. The van der Waals surface area contributed by atoms with Crippen LogP contribution in [0.15, 0.2) is 5.11 Å². The first-order chi connectivity index (χ1) is 6.60. The molecule has 14 heavy (non-hydrogen) atoms. The molecule has 2 unspecified atom stereocenters. The molecule has 1 N–H and O–H groups in total. The number of hydrogen-bond donors (Lipinski definition) is 1. The van der Waals surface area contributed by atoms with Gasteiger partial charge in [0.05, 0.1) is 6.07 Å². The van der Waals surface area contributed by atoms with Crippen molar-refractivity contribution in [3.63, 3.8) is 0 Å². The second-order valence-electron chi connectivity index (χ2n) is 3.50. The summed E-state index contributed by atoms with van der Waals surface area (Å²) in [6.45, 7) is 6.87. The third kappa shape index (κ3) is 3.65. The first-order valence-corrected chi connectivity index (χ1v) is 4.77. The second kappa shape index (κ2) is 6.25. The Bertz CT molecular complexity index is 250. The lowest BCUT2D eigenvalue weighted by atomic mass is 9.86. The zero-order valence-corrected chi connectivity index (χ0v) is 8.99. The van der Waals surface area contributed by atoms with Gasteiger partial charge in [0.1, 0.15) is 5.54 Å². The van der Waals surface area contributed by atoms with Gasteiger partial charge in [0.2, 0.25) is 0 Å². The van der Waals surface area contributed by atoms with E-state index in [2.05, 4.69) is 28.3 Å². The SMILES string of the molecule is CCC(C)C(C)(C#N)NCCN=[N+]=[N-]. The maximum Gasteiger partial charge on any atom is 0.106 e. The third-order valence-electron chi connectivity index (χ3n) is 2.60. The smallest absolute Gasteiger partial charge is 0.106 e. The van der Waals surface area contributed by atoms with E-state index in [9.17, 15) is 0 Å². The van der Waals surface area contributed by atoms with E-state index in [-0.39, 0.29) is 5.92 Å². The van der Waals surface area contributed by atoms with Crippen LogP contribution in [0, 0.1) is 17.2 Å². The molecule has 0 saturated carbocycles. The molecule has 0 heterocycles. The predicted octanol–water partition coefficient (Wildman–Crippen LogP) is 2.21. The summed E-state index contributed by atoms with van der Waals surface area (Å²) in [6, 6.07) is 2.26. The van der Waals surface area contributed by atoms with E-state index >= 15 is 0 Å². The number of azide groups is 1. The van der Waals surface area contributed by atoms with E-state index < -0.39 is 5.54 Å². The van der Waals surface area contributed by atoms with Gasteiger partial charge < -0.3 is 0 Å². The van der Waals surface area contributed by atoms with E-state index in [0.717, 1.165) is 6.42 Å². The van der Waals surface area contributed by atoms with Gasteiger partial charge in [0.25, 0.3) is 0 Å². The molecule has 0 saturated heterocycles. The molecule has 0 rings (SSSR count). The number of rotatable bonds is 6. The minimum Gasteiger partial charge on any atom is -0.299 e. The van der Waals surface area contributed by atoms with Gasteiger partial charge in [-0.1, -0.05) is 25.4 Å². The monoisotopic (exact) mass is 195 g/mol. The Morgan fingerprint density at radius 2 is 2.36 bits per heavy atom. The van der Waals surface area contributed by atoms with Crippen LogP contribution in [0.1, 0.15) is 27.2 Å². The molecule has 0 amide bonds. The Hall–Kier alpha value is -1.24. The molecular formula is C9H17N5. The molecule has 0 aliphatic rings. The van der Waals surface area contributed by atoms with Crippen LogP contribution in [0.5, 0.6) is 0 Å². The van der Waals surface area contributed by atoms with Gasteiger partial charge in [0.15, 0.2) is 0 Å². The van der Waals surface area contributed by atoms with Crippen molar-refractivity contribution in [3.8, 4) is 6.07 Å². The summed E-state index contributed by atoms with van der Waals surface area (Å²) in [5.41, 5.74) is 7.55. The zero-order chi connectivity index (χ0) is 11.0. The summed E-state index contributed by atoms with van der Waals surface area (Å²) in [5, 5.41) is 15.5. The molecule has 0 spiro atoms. The Kier molecular flexibility index (Phi) is 5.70. The largest absolute Gasteiger partial charge is 0.299 e. The molecule has 0 radical (unpaired) electrons. The molecule has 5 heteroatoms. The highest BCUT2D eigenvalue weighted by Crippen LogP contribution is 2.18. The van der Waals surface area contributed by atoms with E-state index in [1.807, 2.05) is 13.8 Å². The van der Waals surface area contributed by atoms with Crippen molar-refractivity contribution < 1.29 is 0 Å². The van der Waals surface area contributed by atoms with Gasteiger partial charge in [-0.2, -0.15) is 5.26 Å². The van der Waals surface area contributed by atoms with Gasteiger partial charge in [-0.3, -0.25) is 5.32 Å². The lowest BCUT2D eigenvalue weighted by molar-refractivity contribution is 0.313. The van der Waals surface area contributed by atoms with Crippen molar-refractivity contribution in [3.05, 3.63) is 10.4 Å². The van der Waals surface area contributed by atoms with E-state index in [1.54, 1.807) is 0 Å². The minimum absolute atomic E-state index is 0.276. The van der Waals surface area contributed by atoms with Crippen molar-refractivity contribution in [1.29, 1.82) is 5.26 Å². The molecule has 0 aliphatic carbocycles. The van der Waals surface area contributed by atoms with Crippen LogP contribution in [-0.4, -0.2) is 18.6 Å². The number of nitrogens with zero attached hydrogens (tertiary/aromatic N) is 4. The van der Waals surface area contributed by atoms with Crippen molar-refractivity contribution in [2.45, 2.75) is 32.7 Å². The maximum absolute atomic E-state index is 9.03. The predicted molar refractivity (Wildman–Crippen MR) is 55.5 cm³/mol. The standard InChI is InChI=1S/C9H17N5/c1-4-8(2)9(3,7-10)12-5-6-13-14-11/h8,12H,4-6H2,1-3H3. The lowest BCUT2D eigenvalue weighted by Crippen LogP contribution is -2.47. The summed E-state index contributed by atoms with van der Waals surface area (Å²) in [5.74, 6) is 0.276. The summed E-state index contributed by atoms with van der Waals surface area (Å²) in [6.07, 6.45) is 0.943. The molecule has 0 aromatic heterocycles. The number of nitriles is 1. The topological polar surface area (TPSA) is 84.6 Å². The summed E-state index contributed by atoms with van der Waals surface area (Å²) in [7, 11) is 0. The summed E-state index contributed by atoms with van der Waals surface area (Å²) in [4.78, 5) is 2.65. The first kappa shape index (κ1) is 12.8. The van der Waals surface area contributed by atoms with Crippen LogP contribution in [-0.2, 0) is 0 Å². The van der Waals surface area contributed by atoms with Gasteiger partial charge >= 0.3 is 0 Å². The Labute approximate surface area is 84.7 Å². The molecular weight excluding hydrogens is 178 g/mol. The van der Waals surface area contributed by atoms with Crippen LogP contribution in [0.3, 0.4) is 0 Å². The Morgan fingerprint density at radius 3 is 2.79 bits per heavy atom. The highest BCUT2D eigenvalue weighted by molar-refractivity contribution is 5.06. The molecule has 0 aromatic carbocycles. The quantitative estimate of drug-likeness (QED) is 0.305. The van der Waals surface area contributed by atoms with E-state index in [4.69, 9.17) is 10.8 Å². The molecule has 0 fully saturated rings. The fourth-order valence-corrected chi connectivity index (χ4v) is 1.14. The molecule has 0 aliphatic heterocycles. The van der Waals surface area contributed by atoms with Gasteiger partial charge in [-0.15, -0.1) is 0 Å². The van der Waals surface area contributed by atoms with E-state index in [0.29, 0.717) is 13.1 Å². The maximum atomic E-state index is 9.03. The highest BCUT2D eigenvalue weighted by atomic mass is 15.1. The fourth-order valence-electron chi connectivity index (χ4n) is 1.14. The van der Waals surface area contributed by atoms with Crippen LogP contribution in [0.2, 0.25) is 0 Å². The van der Waals surface area contributed by atoms with Crippen LogP contribution < -0.4 is 5.32 Å². The minimum atomic E-state index is -0.528. The van der Waals surface area contributed by atoms with Crippen molar-refractivity contribution in [1.82, 2.24) is 5.32 Å². The summed E-state index contributed by atoms with van der Waals surface area (Å²) < 4.78 is 0. The van der Waals surface area contributed by atoms with Gasteiger partial charge in [-0.05, 0) is 18.4 Å². The van der Waals surface area contributed by atoms with Crippen LogP contribution >= 0.6 is 0 Å². The normalized spacial score (nSPS) is 16.1. The average Bonchev–Trinajstić information content (AvgIpc) is 2.22. The Balaban J connectivity index is 4.13. The van der Waals surface area contributed by atoms with Gasteiger partial charge in [-0.25, -0.2) is 0 Å². The molecule has 2 atom stereocenters. The highest BCUT2D eigenvalue weighted by Gasteiger charge is 2.28. The molecule has 0 bridgehead atoms. The molecule has 78 valence electrons. The summed E-state index contributed by atoms with van der Waals surface area (Å²) >= 11 is 0. The van der Waals surface area contributed by atoms with Crippen molar-refractivity contribution in [2.75, 3.05) is 13.1 Å². The van der Waals surface area contributed by atoms with Crippen molar-refractivity contribution in [2.24, 2.45) is 11.0 Å². The average molecular weight is 195 g/mol. The number of hydrogen-bond acceptors (Lipinski definition) is 3. The molecule has 0 aromatic rings. The third-order valence-corrected chi connectivity index (χ3v) is 2.60.